The first-order chi connectivity index (χ1) is 11.2. The van der Waals surface area contributed by atoms with Gasteiger partial charge in [-0.05, 0) is 38.1 Å². The molecule has 0 spiro atoms. The van der Waals surface area contributed by atoms with Gasteiger partial charge in [-0.1, -0.05) is 0 Å². The maximum atomic E-state index is 12.1. The van der Waals surface area contributed by atoms with Gasteiger partial charge in [-0.2, -0.15) is 0 Å². The highest BCUT2D eigenvalue weighted by molar-refractivity contribution is 6.45. The summed E-state index contributed by atoms with van der Waals surface area (Å²) in [5.41, 5.74) is 5.74. The molecule has 6 amide bonds. The van der Waals surface area contributed by atoms with Crippen LogP contribution >= 0.6 is 0 Å². The number of urea groups is 1. The van der Waals surface area contributed by atoms with Crippen LogP contribution in [0.1, 0.15) is 24.2 Å². The predicted molar refractivity (Wildman–Crippen MR) is 82.7 cm³/mol. The Bertz CT molecular complexity index is 726. The smallest absolute Gasteiger partial charge is 0.334 e. The summed E-state index contributed by atoms with van der Waals surface area (Å²) in [5, 5.41) is 2.47. The molecule has 1 fully saturated rings. The van der Waals surface area contributed by atoms with Gasteiger partial charge in [0.05, 0.1) is 0 Å². The van der Waals surface area contributed by atoms with Crippen molar-refractivity contribution in [2.45, 2.75) is 19.9 Å². The first kappa shape index (κ1) is 17.1. The minimum atomic E-state index is -1.03. The highest BCUT2D eigenvalue weighted by Crippen LogP contribution is 2.15. The monoisotopic (exact) mass is 332 g/mol. The normalized spacial score (nSPS) is 14.5. The summed E-state index contributed by atoms with van der Waals surface area (Å²) in [6.45, 7) is 2.60. The average Bonchev–Trinajstić information content (AvgIpc) is 2.71. The number of carbonyl (C=O) groups excluding carboxylic acids is 5. The lowest BCUT2D eigenvalue weighted by molar-refractivity contribution is -0.144. The first-order valence-corrected chi connectivity index (χ1v) is 7.11. The molecule has 1 aliphatic rings. The molecule has 0 aliphatic carbocycles. The van der Waals surface area contributed by atoms with E-state index in [2.05, 4.69) is 5.32 Å². The second-order valence-electron chi connectivity index (χ2n) is 5.43. The molecule has 9 nitrogen and oxygen atoms in total. The van der Waals surface area contributed by atoms with Crippen molar-refractivity contribution in [3.63, 3.8) is 0 Å². The van der Waals surface area contributed by atoms with Crippen LogP contribution in [0.25, 0.3) is 0 Å². The summed E-state index contributed by atoms with van der Waals surface area (Å²) >= 11 is 0. The van der Waals surface area contributed by atoms with Crippen molar-refractivity contribution < 1.29 is 24.0 Å². The zero-order valence-corrected chi connectivity index (χ0v) is 13.1. The lowest BCUT2D eigenvalue weighted by Gasteiger charge is -2.18. The van der Waals surface area contributed by atoms with Gasteiger partial charge in [-0.25, -0.2) is 9.69 Å². The van der Waals surface area contributed by atoms with Crippen molar-refractivity contribution >= 4 is 35.3 Å². The molecule has 2 rings (SSSR count). The molecular formula is C15H16N4O5. The number of amides is 6. The molecule has 0 unspecified atom stereocenters. The van der Waals surface area contributed by atoms with Crippen LogP contribution in [0, 0.1) is 0 Å². The van der Waals surface area contributed by atoms with Gasteiger partial charge in [-0.3, -0.25) is 24.1 Å². The second kappa shape index (κ2) is 6.49. The predicted octanol–water partition coefficient (Wildman–Crippen LogP) is -0.0768. The molecule has 0 bridgehead atoms. The maximum absolute atomic E-state index is 12.1. The lowest BCUT2D eigenvalue weighted by Crippen LogP contribution is -2.40. The number of hydrogen-bond acceptors (Lipinski definition) is 5. The van der Waals surface area contributed by atoms with Gasteiger partial charge in [0.2, 0.25) is 11.8 Å². The molecule has 24 heavy (non-hydrogen) atoms. The number of anilines is 1. The largest absolute Gasteiger partial charge is 0.366 e. The van der Waals surface area contributed by atoms with E-state index in [4.69, 9.17) is 5.73 Å². The summed E-state index contributed by atoms with van der Waals surface area (Å²) in [7, 11) is 0. The number of nitrogens with zero attached hydrogens (tertiary/aromatic N) is 2. The van der Waals surface area contributed by atoms with E-state index in [-0.39, 0.29) is 5.56 Å². The van der Waals surface area contributed by atoms with E-state index in [1.807, 2.05) is 0 Å². The topological polar surface area (TPSA) is 130 Å². The molecule has 9 heteroatoms. The molecule has 0 radical (unpaired) electrons. The molecule has 1 aromatic carbocycles. The van der Waals surface area contributed by atoms with Gasteiger partial charge in [-0.15, -0.1) is 0 Å². The van der Waals surface area contributed by atoms with Crippen LogP contribution in [0.15, 0.2) is 24.3 Å². The van der Waals surface area contributed by atoms with Crippen molar-refractivity contribution in [3.8, 4) is 0 Å². The van der Waals surface area contributed by atoms with Gasteiger partial charge in [0.15, 0.2) is 0 Å². The van der Waals surface area contributed by atoms with Gasteiger partial charge in [0, 0.05) is 17.3 Å². The number of nitrogens with one attached hydrogen (secondary N) is 1. The van der Waals surface area contributed by atoms with Crippen LogP contribution < -0.4 is 11.1 Å². The van der Waals surface area contributed by atoms with Crippen molar-refractivity contribution in [2.75, 3.05) is 11.9 Å². The van der Waals surface area contributed by atoms with Crippen LogP contribution in [0.4, 0.5) is 10.5 Å². The summed E-state index contributed by atoms with van der Waals surface area (Å²) in [5.74, 6) is -3.24. The Morgan fingerprint density at radius 3 is 2.12 bits per heavy atom. The molecule has 126 valence electrons. The highest BCUT2D eigenvalue weighted by atomic mass is 16.2. The fourth-order valence-corrected chi connectivity index (χ4v) is 2.18. The Morgan fingerprint density at radius 1 is 1.08 bits per heavy atom. The second-order valence-corrected chi connectivity index (χ2v) is 5.43. The third-order valence-corrected chi connectivity index (χ3v) is 3.36. The zero-order chi connectivity index (χ0) is 18.0. The number of benzene rings is 1. The number of carbonyl (C=O) groups is 5. The van der Waals surface area contributed by atoms with E-state index in [0.29, 0.717) is 10.6 Å². The standard InChI is InChI=1S/C15H16N4O5/c1-8(2)19-14(23)13(22)18(15(19)24)7-11(20)17-10-5-3-9(4-6-10)12(16)21/h3-6,8H,7H2,1-2H3,(H2,16,21)(H,17,20). The number of primary amides is 1. The van der Waals surface area contributed by atoms with Gasteiger partial charge in [0.25, 0.3) is 0 Å². The minimum Gasteiger partial charge on any atom is -0.366 e. The fraction of sp³-hybridized carbons (Fsp3) is 0.267. The molecule has 1 heterocycles. The van der Waals surface area contributed by atoms with E-state index in [1.54, 1.807) is 13.8 Å². The van der Waals surface area contributed by atoms with Crippen LogP contribution in [-0.2, 0) is 14.4 Å². The Hall–Kier alpha value is -3.23. The van der Waals surface area contributed by atoms with Crippen molar-refractivity contribution in [2.24, 2.45) is 5.73 Å². The number of imide groups is 2. The molecule has 1 aliphatic heterocycles. The summed E-state index contributed by atoms with van der Waals surface area (Å²) in [4.78, 5) is 60.0. The first-order valence-electron chi connectivity index (χ1n) is 7.11. The van der Waals surface area contributed by atoms with Crippen molar-refractivity contribution in [3.05, 3.63) is 29.8 Å². The third kappa shape index (κ3) is 3.24. The Kier molecular flexibility index (Phi) is 4.63. The molecule has 0 atom stereocenters. The number of hydrogen-bond donors (Lipinski definition) is 2. The minimum absolute atomic E-state index is 0.274. The molecule has 1 saturated heterocycles. The average molecular weight is 332 g/mol. The van der Waals surface area contributed by atoms with E-state index in [9.17, 15) is 24.0 Å². The van der Waals surface area contributed by atoms with E-state index in [0.717, 1.165) is 4.90 Å². The highest BCUT2D eigenvalue weighted by Gasteiger charge is 2.46. The number of rotatable bonds is 5. The summed E-state index contributed by atoms with van der Waals surface area (Å²) in [6.07, 6.45) is 0. The van der Waals surface area contributed by atoms with Gasteiger partial charge in [0.1, 0.15) is 6.54 Å². The summed E-state index contributed by atoms with van der Waals surface area (Å²) < 4.78 is 0. The zero-order valence-electron chi connectivity index (χ0n) is 13.1. The van der Waals surface area contributed by atoms with Crippen LogP contribution in [0.3, 0.4) is 0 Å². The van der Waals surface area contributed by atoms with Crippen LogP contribution in [0.2, 0.25) is 0 Å². The van der Waals surface area contributed by atoms with Crippen molar-refractivity contribution in [1.82, 2.24) is 9.80 Å². The molecule has 0 saturated carbocycles. The van der Waals surface area contributed by atoms with Crippen LogP contribution in [-0.4, -0.2) is 52.0 Å². The van der Waals surface area contributed by atoms with Crippen LogP contribution in [0.5, 0.6) is 0 Å². The number of nitrogens with two attached hydrogens (primary N) is 1. The van der Waals surface area contributed by atoms with E-state index in [1.165, 1.54) is 24.3 Å². The van der Waals surface area contributed by atoms with E-state index < -0.39 is 42.2 Å². The lowest BCUT2D eigenvalue weighted by atomic mass is 10.2. The quantitative estimate of drug-likeness (QED) is 0.575. The molecule has 1 aromatic rings. The SMILES string of the molecule is CC(C)N1C(=O)C(=O)N(CC(=O)Nc2ccc(C(N)=O)cc2)C1=O. The fourth-order valence-electron chi connectivity index (χ4n) is 2.18. The Balaban J connectivity index is 2.04. The molecular weight excluding hydrogens is 316 g/mol. The van der Waals surface area contributed by atoms with Crippen molar-refractivity contribution in [1.29, 1.82) is 0 Å². The third-order valence-electron chi connectivity index (χ3n) is 3.36. The maximum Gasteiger partial charge on any atom is 0.334 e. The van der Waals surface area contributed by atoms with E-state index >= 15 is 0 Å². The summed E-state index contributed by atoms with van der Waals surface area (Å²) in [6, 6.07) is 4.46. The van der Waals surface area contributed by atoms with Gasteiger partial charge < -0.3 is 11.1 Å². The van der Waals surface area contributed by atoms with Gasteiger partial charge >= 0.3 is 17.8 Å². The molecule has 3 N–H and O–H groups in total. The Labute approximate surface area is 137 Å². The molecule has 0 aromatic heterocycles. The Morgan fingerprint density at radius 2 is 1.67 bits per heavy atom.